The third kappa shape index (κ3) is 5.45. The number of aliphatic hydroxyl groups is 1. The van der Waals surface area contributed by atoms with Gasteiger partial charge in [-0.05, 0) is 18.4 Å². The van der Waals surface area contributed by atoms with E-state index in [0.717, 1.165) is 0 Å². The van der Waals surface area contributed by atoms with Gasteiger partial charge in [0.25, 0.3) is 5.91 Å². The van der Waals surface area contributed by atoms with E-state index < -0.39 is 17.4 Å². The summed E-state index contributed by atoms with van der Waals surface area (Å²) in [6.45, 7) is 6.90. The maximum absolute atomic E-state index is 12.4. The zero-order valence-corrected chi connectivity index (χ0v) is 13.9. The molecule has 0 saturated heterocycles. The van der Waals surface area contributed by atoms with Gasteiger partial charge >= 0.3 is 0 Å². The standard InChI is InChI=1S/C18H23NO4/c1-12(21)9-10-15(16(22)18(2,3)4)19-17(23)14-8-6-5-7-13(14)11-20/h5-8,10-11,16,22H,9H2,1-4H3,(H,19,23)/t16-/m1/s1. The molecule has 0 fully saturated rings. The van der Waals surface area contributed by atoms with Gasteiger partial charge in [-0.25, -0.2) is 0 Å². The molecule has 124 valence electrons. The van der Waals surface area contributed by atoms with Crippen LogP contribution in [0, 0.1) is 5.41 Å². The molecule has 0 bridgehead atoms. The van der Waals surface area contributed by atoms with E-state index in [0.29, 0.717) is 6.29 Å². The van der Waals surface area contributed by atoms with Crippen LogP contribution in [0.3, 0.4) is 0 Å². The topological polar surface area (TPSA) is 83.5 Å². The minimum Gasteiger partial charge on any atom is -0.386 e. The molecule has 2 N–H and O–H groups in total. The molecule has 0 unspecified atom stereocenters. The Hall–Kier alpha value is -2.27. The highest BCUT2D eigenvalue weighted by Crippen LogP contribution is 2.24. The summed E-state index contributed by atoms with van der Waals surface area (Å²) in [6.07, 6.45) is 1.28. The van der Waals surface area contributed by atoms with Crippen molar-refractivity contribution >= 4 is 18.0 Å². The molecule has 0 aromatic heterocycles. The Balaban J connectivity index is 3.10. The first kappa shape index (κ1) is 18.8. The average molecular weight is 317 g/mol. The number of Topliss-reactive ketones (excluding diaryl/α,β-unsaturated/α-hetero) is 1. The van der Waals surface area contributed by atoms with E-state index in [9.17, 15) is 19.5 Å². The molecular weight excluding hydrogens is 294 g/mol. The lowest BCUT2D eigenvalue weighted by atomic mass is 9.86. The van der Waals surface area contributed by atoms with Crippen LogP contribution in [0.2, 0.25) is 0 Å². The summed E-state index contributed by atoms with van der Waals surface area (Å²) in [4.78, 5) is 34.6. The summed E-state index contributed by atoms with van der Waals surface area (Å²) in [5.41, 5.74) is 0.233. The minimum absolute atomic E-state index is 0.0776. The average Bonchev–Trinajstić information content (AvgIpc) is 2.49. The van der Waals surface area contributed by atoms with Crippen LogP contribution in [0.25, 0.3) is 0 Å². The fourth-order valence-corrected chi connectivity index (χ4v) is 1.96. The molecule has 0 aliphatic carbocycles. The van der Waals surface area contributed by atoms with Gasteiger partial charge in [-0.3, -0.25) is 14.4 Å². The summed E-state index contributed by atoms with van der Waals surface area (Å²) in [7, 11) is 0. The van der Waals surface area contributed by atoms with Crippen molar-refractivity contribution < 1.29 is 19.5 Å². The second-order valence-electron chi connectivity index (χ2n) is 6.49. The maximum Gasteiger partial charge on any atom is 0.256 e. The number of carbonyl (C=O) groups excluding carboxylic acids is 3. The number of amides is 1. The quantitative estimate of drug-likeness (QED) is 0.790. The van der Waals surface area contributed by atoms with E-state index in [1.54, 1.807) is 18.2 Å². The zero-order chi connectivity index (χ0) is 17.6. The van der Waals surface area contributed by atoms with Gasteiger partial charge in [-0.15, -0.1) is 0 Å². The number of allylic oxidation sites excluding steroid dienone is 1. The predicted molar refractivity (Wildman–Crippen MR) is 88.1 cm³/mol. The van der Waals surface area contributed by atoms with Gasteiger partial charge in [0, 0.05) is 17.7 Å². The Bertz CT molecular complexity index is 626. The van der Waals surface area contributed by atoms with Crippen molar-refractivity contribution in [2.45, 2.75) is 40.2 Å². The SMILES string of the molecule is CC(=O)CC=C(NC(=O)c1ccccc1C=O)[C@@H](O)C(C)(C)C. The second-order valence-corrected chi connectivity index (χ2v) is 6.49. The summed E-state index contributed by atoms with van der Waals surface area (Å²) < 4.78 is 0. The molecule has 1 aromatic rings. The van der Waals surface area contributed by atoms with Crippen LogP contribution in [0.1, 0.15) is 54.8 Å². The second kappa shape index (κ2) is 7.83. The monoisotopic (exact) mass is 317 g/mol. The van der Waals surface area contributed by atoms with E-state index in [1.807, 2.05) is 20.8 Å². The van der Waals surface area contributed by atoms with Gasteiger partial charge in [-0.2, -0.15) is 0 Å². The number of hydrogen-bond donors (Lipinski definition) is 2. The molecule has 1 atom stereocenters. The number of rotatable bonds is 6. The van der Waals surface area contributed by atoms with Crippen molar-refractivity contribution in [2.24, 2.45) is 5.41 Å². The van der Waals surface area contributed by atoms with Gasteiger partial charge in [-0.1, -0.05) is 45.0 Å². The molecule has 1 aromatic carbocycles. The molecule has 0 heterocycles. The smallest absolute Gasteiger partial charge is 0.256 e. The van der Waals surface area contributed by atoms with Crippen LogP contribution in [-0.4, -0.2) is 29.2 Å². The number of ketones is 1. The Labute approximate surface area is 136 Å². The normalized spacial score (nSPS) is 13.3. The summed E-state index contributed by atoms with van der Waals surface area (Å²) in [5, 5.41) is 13.0. The number of aliphatic hydroxyl groups excluding tert-OH is 1. The largest absolute Gasteiger partial charge is 0.386 e. The number of carbonyl (C=O) groups is 3. The van der Waals surface area contributed by atoms with Crippen LogP contribution in [-0.2, 0) is 4.79 Å². The Morgan fingerprint density at radius 2 is 1.87 bits per heavy atom. The highest BCUT2D eigenvalue weighted by molar-refractivity contribution is 6.02. The summed E-state index contributed by atoms with van der Waals surface area (Å²) in [5.74, 6) is -0.572. The van der Waals surface area contributed by atoms with Crippen molar-refractivity contribution in [3.05, 3.63) is 47.2 Å². The van der Waals surface area contributed by atoms with Gasteiger partial charge in [0.15, 0.2) is 6.29 Å². The maximum atomic E-state index is 12.4. The molecule has 0 saturated carbocycles. The first-order valence-electron chi connectivity index (χ1n) is 7.40. The van der Waals surface area contributed by atoms with Crippen LogP contribution >= 0.6 is 0 Å². The minimum atomic E-state index is -0.950. The number of benzene rings is 1. The number of nitrogens with one attached hydrogen (secondary N) is 1. The Morgan fingerprint density at radius 3 is 2.39 bits per heavy atom. The van der Waals surface area contributed by atoms with E-state index in [-0.39, 0.29) is 29.0 Å². The van der Waals surface area contributed by atoms with E-state index in [1.165, 1.54) is 19.1 Å². The lowest BCUT2D eigenvalue weighted by Gasteiger charge is -2.28. The lowest BCUT2D eigenvalue weighted by Crippen LogP contribution is -2.37. The Kier molecular flexibility index (Phi) is 6.39. The van der Waals surface area contributed by atoms with E-state index >= 15 is 0 Å². The molecule has 23 heavy (non-hydrogen) atoms. The van der Waals surface area contributed by atoms with Crippen molar-refractivity contribution in [3.63, 3.8) is 0 Å². The first-order valence-corrected chi connectivity index (χ1v) is 7.40. The molecule has 5 nitrogen and oxygen atoms in total. The van der Waals surface area contributed by atoms with E-state index in [4.69, 9.17) is 0 Å². The molecule has 0 aliphatic rings. The van der Waals surface area contributed by atoms with Gasteiger partial charge in [0.1, 0.15) is 5.78 Å². The van der Waals surface area contributed by atoms with Gasteiger partial charge in [0.2, 0.25) is 0 Å². The zero-order valence-electron chi connectivity index (χ0n) is 13.9. The lowest BCUT2D eigenvalue weighted by molar-refractivity contribution is -0.116. The highest BCUT2D eigenvalue weighted by Gasteiger charge is 2.27. The van der Waals surface area contributed by atoms with Crippen LogP contribution < -0.4 is 5.32 Å². The molecule has 0 aliphatic heterocycles. The van der Waals surface area contributed by atoms with E-state index in [2.05, 4.69) is 5.32 Å². The fourth-order valence-electron chi connectivity index (χ4n) is 1.96. The summed E-state index contributed by atoms with van der Waals surface area (Å²) >= 11 is 0. The molecule has 0 radical (unpaired) electrons. The number of aldehydes is 1. The molecule has 1 amide bonds. The van der Waals surface area contributed by atoms with Crippen molar-refractivity contribution in [1.82, 2.24) is 5.32 Å². The first-order chi connectivity index (χ1) is 10.7. The molecule has 0 spiro atoms. The third-order valence-electron chi connectivity index (χ3n) is 3.31. The van der Waals surface area contributed by atoms with Crippen molar-refractivity contribution in [3.8, 4) is 0 Å². The third-order valence-corrected chi connectivity index (χ3v) is 3.31. The predicted octanol–water partition coefficient (Wildman–Crippen LogP) is 2.50. The number of hydrogen-bond acceptors (Lipinski definition) is 4. The fraction of sp³-hybridized carbons (Fsp3) is 0.389. The molecule has 1 rings (SSSR count). The van der Waals surface area contributed by atoms with Crippen molar-refractivity contribution in [1.29, 1.82) is 0 Å². The summed E-state index contributed by atoms with van der Waals surface area (Å²) in [6, 6.07) is 6.39. The Morgan fingerprint density at radius 1 is 1.26 bits per heavy atom. The molecule has 5 heteroatoms. The van der Waals surface area contributed by atoms with Crippen LogP contribution in [0.5, 0.6) is 0 Å². The molecular formula is C18H23NO4. The van der Waals surface area contributed by atoms with Crippen molar-refractivity contribution in [2.75, 3.05) is 0 Å². The van der Waals surface area contributed by atoms with Crippen LogP contribution in [0.15, 0.2) is 36.0 Å². The van der Waals surface area contributed by atoms with Crippen LogP contribution in [0.4, 0.5) is 0 Å². The van der Waals surface area contributed by atoms with Gasteiger partial charge in [0.05, 0.1) is 11.7 Å². The highest BCUT2D eigenvalue weighted by atomic mass is 16.3. The van der Waals surface area contributed by atoms with Gasteiger partial charge < -0.3 is 10.4 Å².